The van der Waals surface area contributed by atoms with Crippen LogP contribution in [-0.2, 0) is 0 Å². The Bertz CT molecular complexity index is 139. The molecule has 0 N–H and O–H groups in total. The minimum atomic E-state index is -2.49. The maximum absolute atomic E-state index is 13.2. The van der Waals surface area contributed by atoms with Gasteiger partial charge >= 0.3 is 0 Å². The molecule has 0 rings (SSSR count). The Morgan fingerprint density at radius 2 is 1.46 bits per heavy atom. The molecule has 0 amide bonds. The van der Waals surface area contributed by atoms with Crippen LogP contribution in [0.4, 0.5) is 8.78 Å². The molecule has 0 aromatic carbocycles. The third kappa shape index (κ3) is 5.22. The van der Waals surface area contributed by atoms with Crippen LogP contribution >= 0.6 is 0 Å². The van der Waals surface area contributed by atoms with Crippen molar-refractivity contribution in [1.29, 1.82) is 0 Å². The van der Waals surface area contributed by atoms with E-state index in [1.807, 2.05) is 6.92 Å². The molecule has 0 radical (unpaired) electrons. The van der Waals surface area contributed by atoms with Crippen LogP contribution < -0.4 is 0 Å². The SMILES string of the molecule is CC(C)CC(C)CC(F)(F)C(C)C. The Morgan fingerprint density at radius 3 is 1.77 bits per heavy atom. The van der Waals surface area contributed by atoms with E-state index in [0.29, 0.717) is 5.92 Å². The van der Waals surface area contributed by atoms with Crippen LogP contribution in [0.2, 0.25) is 0 Å². The van der Waals surface area contributed by atoms with Gasteiger partial charge in [0.1, 0.15) is 0 Å². The average Bonchev–Trinajstić information content (AvgIpc) is 1.82. The van der Waals surface area contributed by atoms with Crippen LogP contribution in [0, 0.1) is 17.8 Å². The van der Waals surface area contributed by atoms with Crippen LogP contribution in [0.3, 0.4) is 0 Å². The maximum atomic E-state index is 13.2. The summed E-state index contributed by atoms with van der Waals surface area (Å²) < 4.78 is 26.5. The third-order valence-electron chi connectivity index (χ3n) is 2.34. The molecule has 0 saturated carbocycles. The van der Waals surface area contributed by atoms with E-state index < -0.39 is 11.8 Å². The van der Waals surface area contributed by atoms with E-state index in [2.05, 4.69) is 13.8 Å². The minimum absolute atomic E-state index is 0.0306. The van der Waals surface area contributed by atoms with Crippen molar-refractivity contribution in [2.45, 2.75) is 53.4 Å². The molecular formula is C11H22F2. The first-order valence-corrected chi connectivity index (χ1v) is 5.13. The Kier molecular flexibility index (Phi) is 4.87. The van der Waals surface area contributed by atoms with Gasteiger partial charge in [-0.1, -0.05) is 34.6 Å². The first-order chi connectivity index (χ1) is 5.75. The van der Waals surface area contributed by atoms with Gasteiger partial charge < -0.3 is 0 Å². The van der Waals surface area contributed by atoms with Crippen molar-refractivity contribution in [3.8, 4) is 0 Å². The number of halogens is 2. The number of hydrogen-bond acceptors (Lipinski definition) is 0. The Labute approximate surface area is 80.7 Å². The van der Waals surface area contributed by atoms with E-state index in [1.54, 1.807) is 13.8 Å². The van der Waals surface area contributed by atoms with Crippen molar-refractivity contribution >= 4 is 0 Å². The molecule has 13 heavy (non-hydrogen) atoms. The van der Waals surface area contributed by atoms with Gasteiger partial charge in [0.25, 0.3) is 5.92 Å². The van der Waals surface area contributed by atoms with Crippen molar-refractivity contribution in [3.63, 3.8) is 0 Å². The van der Waals surface area contributed by atoms with E-state index in [9.17, 15) is 8.78 Å². The first-order valence-electron chi connectivity index (χ1n) is 5.13. The zero-order valence-corrected chi connectivity index (χ0v) is 9.40. The van der Waals surface area contributed by atoms with Gasteiger partial charge in [0.15, 0.2) is 0 Å². The summed E-state index contributed by atoms with van der Waals surface area (Å²) in [4.78, 5) is 0. The second kappa shape index (κ2) is 4.92. The highest BCUT2D eigenvalue weighted by atomic mass is 19.3. The molecule has 1 atom stereocenters. The summed E-state index contributed by atoms with van der Waals surface area (Å²) >= 11 is 0. The summed E-state index contributed by atoms with van der Waals surface area (Å²) in [5.74, 6) is -2.40. The quantitative estimate of drug-likeness (QED) is 0.607. The minimum Gasteiger partial charge on any atom is -0.207 e. The molecular weight excluding hydrogens is 170 g/mol. The summed E-state index contributed by atoms with van der Waals surface area (Å²) in [6, 6.07) is 0. The summed E-state index contributed by atoms with van der Waals surface area (Å²) in [7, 11) is 0. The molecule has 1 unspecified atom stereocenters. The fourth-order valence-electron chi connectivity index (χ4n) is 1.59. The zero-order valence-electron chi connectivity index (χ0n) is 9.40. The number of rotatable bonds is 5. The lowest BCUT2D eigenvalue weighted by molar-refractivity contribution is -0.0649. The molecule has 2 heteroatoms. The van der Waals surface area contributed by atoms with Crippen LogP contribution in [-0.4, -0.2) is 5.92 Å². The lowest BCUT2D eigenvalue weighted by atomic mass is 9.89. The fourth-order valence-corrected chi connectivity index (χ4v) is 1.59. The molecule has 0 fully saturated rings. The highest BCUT2D eigenvalue weighted by Crippen LogP contribution is 2.33. The molecule has 0 aromatic rings. The smallest absolute Gasteiger partial charge is 0.207 e. The van der Waals surface area contributed by atoms with Crippen molar-refractivity contribution in [2.75, 3.05) is 0 Å². The lowest BCUT2D eigenvalue weighted by Gasteiger charge is -2.24. The molecule has 0 aliphatic heterocycles. The van der Waals surface area contributed by atoms with E-state index in [1.165, 1.54) is 0 Å². The second-order valence-corrected chi connectivity index (χ2v) is 4.85. The van der Waals surface area contributed by atoms with Gasteiger partial charge in [-0.2, -0.15) is 0 Å². The topological polar surface area (TPSA) is 0 Å². The van der Waals surface area contributed by atoms with Crippen LogP contribution in [0.25, 0.3) is 0 Å². The van der Waals surface area contributed by atoms with E-state index >= 15 is 0 Å². The van der Waals surface area contributed by atoms with Gasteiger partial charge in [-0.05, 0) is 18.3 Å². The normalized spacial score (nSPS) is 15.5. The van der Waals surface area contributed by atoms with E-state index in [0.717, 1.165) is 6.42 Å². The molecule has 0 aromatic heterocycles. The Balaban J connectivity index is 3.96. The van der Waals surface area contributed by atoms with E-state index in [-0.39, 0.29) is 12.3 Å². The molecule has 0 saturated heterocycles. The summed E-state index contributed by atoms with van der Waals surface area (Å²) in [5.41, 5.74) is 0. The molecule has 0 aliphatic rings. The predicted octanol–water partition coefficient (Wildman–Crippen LogP) is 4.35. The average molecular weight is 192 g/mol. The molecule has 0 heterocycles. The predicted molar refractivity (Wildman–Crippen MR) is 53.0 cm³/mol. The van der Waals surface area contributed by atoms with E-state index in [4.69, 9.17) is 0 Å². The van der Waals surface area contributed by atoms with Crippen molar-refractivity contribution in [3.05, 3.63) is 0 Å². The molecule has 0 spiro atoms. The van der Waals surface area contributed by atoms with Gasteiger partial charge in [0.2, 0.25) is 0 Å². The van der Waals surface area contributed by atoms with Crippen LogP contribution in [0.1, 0.15) is 47.5 Å². The third-order valence-corrected chi connectivity index (χ3v) is 2.34. The number of hydrogen-bond donors (Lipinski definition) is 0. The lowest BCUT2D eigenvalue weighted by Crippen LogP contribution is -2.26. The van der Waals surface area contributed by atoms with Crippen molar-refractivity contribution in [1.82, 2.24) is 0 Å². The van der Waals surface area contributed by atoms with Crippen LogP contribution in [0.15, 0.2) is 0 Å². The Morgan fingerprint density at radius 1 is 1.00 bits per heavy atom. The van der Waals surface area contributed by atoms with Gasteiger partial charge in [0, 0.05) is 12.3 Å². The standard InChI is InChI=1S/C11H22F2/c1-8(2)6-10(5)7-11(12,13)9(3)4/h8-10H,6-7H2,1-5H3. The molecule has 80 valence electrons. The monoisotopic (exact) mass is 192 g/mol. The molecule has 0 nitrogen and oxygen atoms in total. The van der Waals surface area contributed by atoms with Gasteiger partial charge in [-0.3, -0.25) is 0 Å². The van der Waals surface area contributed by atoms with Crippen molar-refractivity contribution < 1.29 is 8.78 Å². The molecule has 0 aliphatic carbocycles. The van der Waals surface area contributed by atoms with Gasteiger partial charge in [-0.15, -0.1) is 0 Å². The van der Waals surface area contributed by atoms with Crippen LogP contribution in [0.5, 0.6) is 0 Å². The largest absolute Gasteiger partial charge is 0.250 e. The Hall–Kier alpha value is -0.140. The van der Waals surface area contributed by atoms with Crippen molar-refractivity contribution in [2.24, 2.45) is 17.8 Å². The summed E-state index contributed by atoms with van der Waals surface area (Å²) in [5, 5.41) is 0. The molecule has 0 bridgehead atoms. The second-order valence-electron chi connectivity index (χ2n) is 4.85. The zero-order chi connectivity index (χ0) is 10.6. The van der Waals surface area contributed by atoms with Gasteiger partial charge in [-0.25, -0.2) is 8.78 Å². The maximum Gasteiger partial charge on any atom is 0.250 e. The summed E-state index contributed by atoms with van der Waals surface area (Å²) in [6.45, 7) is 9.23. The fraction of sp³-hybridized carbons (Fsp3) is 1.00. The number of alkyl halides is 2. The van der Waals surface area contributed by atoms with Gasteiger partial charge in [0.05, 0.1) is 0 Å². The highest BCUT2D eigenvalue weighted by molar-refractivity contribution is 4.73. The first kappa shape index (κ1) is 12.9. The summed E-state index contributed by atoms with van der Waals surface area (Å²) in [6.07, 6.45) is 0.922. The highest BCUT2D eigenvalue weighted by Gasteiger charge is 2.34.